The van der Waals surface area contributed by atoms with Crippen LogP contribution in [0.1, 0.15) is 130 Å². The molecule has 0 nitrogen and oxygen atoms in total. The standard InChI is InChI=1S/C27H50/c1-4-10-21(2)25-15-9-16-26(20-25)27-18-17-23(19-27)12-8-11-22(3)24-13-6-5-7-14-24/h21-27H,4-20H2,1-3H3. The maximum atomic E-state index is 2.56. The van der Waals surface area contributed by atoms with Crippen molar-refractivity contribution in [2.24, 2.45) is 41.4 Å². The highest BCUT2D eigenvalue weighted by Crippen LogP contribution is 2.46. The van der Waals surface area contributed by atoms with Crippen molar-refractivity contribution >= 4 is 0 Å². The van der Waals surface area contributed by atoms with Crippen LogP contribution >= 0.6 is 0 Å². The summed E-state index contributed by atoms with van der Waals surface area (Å²) in [6.07, 6.45) is 26.0. The van der Waals surface area contributed by atoms with Gasteiger partial charge in [-0.1, -0.05) is 111 Å². The fourth-order valence-corrected chi connectivity index (χ4v) is 7.37. The Bertz CT molecular complexity index is 393. The summed E-state index contributed by atoms with van der Waals surface area (Å²) in [6, 6.07) is 0. The van der Waals surface area contributed by atoms with Crippen molar-refractivity contribution in [3.8, 4) is 0 Å². The van der Waals surface area contributed by atoms with Crippen LogP contribution < -0.4 is 0 Å². The predicted molar refractivity (Wildman–Crippen MR) is 120 cm³/mol. The van der Waals surface area contributed by atoms with Gasteiger partial charge in [-0.15, -0.1) is 0 Å². The second-order valence-corrected chi connectivity index (χ2v) is 11.2. The lowest BCUT2D eigenvalue weighted by Gasteiger charge is -2.36. The molecule has 0 saturated heterocycles. The van der Waals surface area contributed by atoms with Crippen molar-refractivity contribution in [1.29, 1.82) is 0 Å². The summed E-state index contributed by atoms with van der Waals surface area (Å²) in [6.45, 7) is 7.47. The Hall–Kier alpha value is 0. The molecule has 0 spiro atoms. The topological polar surface area (TPSA) is 0 Å². The Labute approximate surface area is 171 Å². The van der Waals surface area contributed by atoms with E-state index in [0.717, 1.165) is 41.4 Å². The van der Waals surface area contributed by atoms with Gasteiger partial charge in [-0.05, 0) is 60.7 Å². The molecule has 6 unspecified atom stereocenters. The minimum atomic E-state index is 0.983. The van der Waals surface area contributed by atoms with Crippen molar-refractivity contribution < 1.29 is 0 Å². The summed E-state index contributed by atoms with van der Waals surface area (Å²) in [7, 11) is 0. The Morgan fingerprint density at radius 1 is 0.667 bits per heavy atom. The summed E-state index contributed by atoms with van der Waals surface area (Å²) in [5.41, 5.74) is 0. The first-order chi connectivity index (χ1) is 13.2. The second kappa shape index (κ2) is 11.3. The maximum absolute atomic E-state index is 2.56. The molecule has 3 saturated carbocycles. The van der Waals surface area contributed by atoms with Gasteiger partial charge in [0.25, 0.3) is 0 Å². The van der Waals surface area contributed by atoms with E-state index in [-0.39, 0.29) is 0 Å². The third-order valence-electron chi connectivity index (χ3n) is 9.28. The largest absolute Gasteiger partial charge is 0.0654 e. The molecule has 0 aromatic rings. The Balaban J connectivity index is 1.34. The molecule has 27 heavy (non-hydrogen) atoms. The predicted octanol–water partition coefficient (Wildman–Crippen LogP) is 9.03. The molecule has 3 aliphatic rings. The SMILES string of the molecule is CCCC(C)C1CCCC(C2CCC(CCCC(C)C3CCCCC3)C2)C1. The zero-order valence-electron chi connectivity index (χ0n) is 19.1. The summed E-state index contributed by atoms with van der Waals surface area (Å²) >= 11 is 0. The molecule has 0 bridgehead atoms. The van der Waals surface area contributed by atoms with E-state index in [1.165, 1.54) is 70.6 Å². The van der Waals surface area contributed by atoms with Crippen LogP contribution in [0.15, 0.2) is 0 Å². The van der Waals surface area contributed by atoms with Gasteiger partial charge in [-0.25, -0.2) is 0 Å². The van der Waals surface area contributed by atoms with E-state index in [4.69, 9.17) is 0 Å². The minimum absolute atomic E-state index is 0.983. The molecular weight excluding hydrogens is 324 g/mol. The zero-order chi connectivity index (χ0) is 19.1. The Morgan fingerprint density at radius 2 is 1.37 bits per heavy atom. The quantitative estimate of drug-likeness (QED) is 0.377. The van der Waals surface area contributed by atoms with Crippen LogP contribution in [-0.2, 0) is 0 Å². The molecule has 6 atom stereocenters. The first-order valence-corrected chi connectivity index (χ1v) is 13.2. The Kier molecular flexibility index (Phi) is 9.05. The van der Waals surface area contributed by atoms with Crippen molar-refractivity contribution in [2.45, 2.75) is 130 Å². The first kappa shape index (κ1) is 21.7. The fraction of sp³-hybridized carbons (Fsp3) is 1.00. The minimum Gasteiger partial charge on any atom is -0.0654 e. The van der Waals surface area contributed by atoms with Crippen LogP contribution in [0.5, 0.6) is 0 Å². The van der Waals surface area contributed by atoms with Crippen LogP contribution in [0.2, 0.25) is 0 Å². The van der Waals surface area contributed by atoms with Crippen molar-refractivity contribution in [3.63, 3.8) is 0 Å². The molecule has 0 amide bonds. The van der Waals surface area contributed by atoms with Gasteiger partial charge in [0.15, 0.2) is 0 Å². The molecule has 0 radical (unpaired) electrons. The normalized spacial score (nSPS) is 35.2. The van der Waals surface area contributed by atoms with E-state index in [1.54, 1.807) is 38.5 Å². The van der Waals surface area contributed by atoms with E-state index >= 15 is 0 Å². The van der Waals surface area contributed by atoms with E-state index in [2.05, 4.69) is 20.8 Å². The van der Waals surface area contributed by atoms with Gasteiger partial charge in [-0.2, -0.15) is 0 Å². The van der Waals surface area contributed by atoms with Gasteiger partial charge in [0, 0.05) is 0 Å². The zero-order valence-corrected chi connectivity index (χ0v) is 19.1. The van der Waals surface area contributed by atoms with Crippen LogP contribution in [0.4, 0.5) is 0 Å². The van der Waals surface area contributed by atoms with E-state index in [9.17, 15) is 0 Å². The maximum Gasteiger partial charge on any atom is -0.0383 e. The van der Waals surface area contributed by atoms with Crippen molar-refractivity contribution in [1.82, 2.24) is 0 Å². The first-order valence-electron chi connectivity index (χ1n) is 13.2. The molecule has 0 aliphatic heterocycles. The van der Waals surface area contributed by atoms with Gasteiger partial charge in [0.1, 0.15) is 0 Å². The molecule has 3 aliphatic carbocycles. The monoisotopic (exact) mass is 374 g/mol. The average Bonchev–Trinajstić information content (AvgIpc) is 3.18. The van der Waals surface area contributed by atoms with Gasteiger partial charge >= 0.3 is 0 Å². The van der Waals surface area contributed by atoms with Gasteiger partial charge in [-0.3, -0.25) is 0 Å². The summed E-state index contributed by atoms with van der Waals surface area (Å²) < 4.78 is 0. The summed E-state index contributed by atoms with van der Waals surface area (Å²) in [4.78, 5) is 0. The lowest BCUT2D eigenvalue weighted by Crippen LogP contribution is -2.25. The van der Waals surface area contributed by atoms with Gasteiger partial charge in [0.05, 0.1) is 0 Å². The lowest BCUT2D eigenvalue weighted by atomic mass is 9.70. The van der Waals surface area contributed by atoms with Gasteiger partial charge in [0.2, 0.25) is 0 Å². The van der Waals surface area contributed by atoms with E-state index in [1.807, 2.05) is 0 Å². The molecule has 0 aromatic carbocycles. The third kappa shape index (κ3) is 6.50. The van der Waals surface area contributed by atoms with Crippen LogP contribution in [0.3, 0.4) is 0 Å². The number of hydrogen-bond acceptors (Lipinski definition) is 0. The molecule has 0 heterocycles. The van der Waals surface area contributed by atoms with Crippen molar-refractivity contribution in [2.75, 3.05) is 0 Å². The van der Waals surface area contributed by atoms with Crippen LogP contribution in [-0.4, -0.2) is 0 Å². The summed E-state index contributed by atoms with van der Waals surface area (Å²) in [5, 5.41) is 0. The molecule has 3 rings (SSSR count). The fourth-order valence-electron chi connectivity index (χ4n) is 7.37. The van der Waals surface area contributed by atoms with E-state index in [0.29, 0.717) is 0 Å². The molecule has 158 valence electrons. The Morgan fingerprint density at radius 3 is 2.15 bits per heavy atom. The number of hydrogen-bond donors (Lipinski definition) is 0. The van der Waals surface area contributed by atoms with Gasteiger partial charge < -0.3 is 0 Å². The highest BCUT2D eigenvalue weighted by atomic mass is 14.4. The molecular formula is C27H50. The molecule has 3 fully saturated rings. The third-order valence-corrected chi connectivity index (χ3v) is 9.28. The smallest absolute Gasteiger partial charge is 0.0383 e. The van der Waals surface area contributed by atoms with Crippen molar-refractivity contribution in [3.05, 3.63) is 0 Å². The molecule has 0 N–H and O–H groups in total. The average molecular weight is 375 g/mol. The summed E-state index contributed by atoms with van der Waals surface area (Å²) in [5.74, 6) is 7.38. The highest BCUT2D eigenvalue weighted by molar-refractivity contribution is 4.86. The lowest BCUT2D eigenvalue weighted by molar-refractivity contribution is 0.150. The molecule has 0 heteroatoms. The molecule has 0 aromatic heterocycles. The number of rotatable bonds is 9. The van der Waals surface area contributed by atoms with Crippen LogP contribution in [0, 0.1) is 41.4 Å². The highest BCUT2D eigenvalue weighted by Gasteiger charge is 2.35. The van der Waals surface area contributed by atoms with Crippen LogP contribution in [0.25, 0.3) is 0 Å². The van der Waals surface area contributed by atoms with E-state index < -0.39 is 0 Å². The second-order valence-electron chi connectivity index (χ2n) is 11.2.